The Labute approximate surface area is 148 Å². The van der Waals surface area contributed by atoms with Crippen LogP contribution in [0.1, 0.15) is 10.4 Å². The topological polar surface area (TPSA) is 63.1 Å². The third-order valence-electron chi connectivity index (χ3n) is 4.06. The molecule has 1 heterocycles. The first-order chi connectivity index (χ1) is 12.6. The van der Waals surface area contributed by atoms with Crippen LogP contribution in [0.15, 0.2) is 72.8 Å². The number of halogens is 1. The average molecular weight is 344 g/mol. The zero-order chi connectivity index (χ0) is 18.1. The molecule has 0 atom stereocenters. The van der Waals surface area contributed by atoms with E-state index in [0.29, 0.717) is 28.0 Å². The van der Waals surface area contributed by atoms with Crippen LogP contribution in [0.4, 0.5) is 4.39 Å². The summed E-state index contributed by atoms with van der Waals surface area (Å²) in [5.74, 6) is -1.41. The smallest absolute Gasteiger partial charge is 0.335 e. The van der Waals surface area contributed by atoms with Gasteiger partial charge in [-0.1, -0.05) is 42.5 Å². The van der Waals surface area contributed by atoms with Crippen molar-refractivity contribution in [2.75, 3.05) is 0 Å². The first kappa shape index (κ1) is 15.9. The van der Waals surface area contributed by atoms with Gasteiger partial charge in [-0.05, 0) is 30.3 Å². The van der Waals surface area contributed by atoms with E-state index < -0.39 is 5.97 Å². The first-order valence-electron chi connectivity index (χ1n) is 7.98. The van der Waals surface area contributed by atoms with Gasteiger partial charge in [0, 0.05) is 11.1 Å². The molecule has 4 nitrogen and oxygen atoms in total. The Morgan fingerprint density at radius 2 is 1.46 bits per heavy atom. The van der Waals surface area contributed by atoms with Crippen LogP contribution >= 0.6 is 0 Å². The van der Waals surface area contributed by atoms with E-state index in [0.717, 1.165) is 5.56 Å². The van der Waals surface area contributed by atoms with Crippen molar-refractivity contribution in [1.82, 2.24) is 9.97 Å². The first-order valence-corrected chi connectivity index (χ1v) is 7.98. The second-order valence-electron chi connectivity index (χ2n) is 5.81. The quantitative estimate of drug-likeness (QED) is 0.580. The lowest BCUT2D eigenvalue weighted by molar-refractivity contribution is 0.0697. The summed E-state index contributed by atoms with van der Waals surface area (Å²) in [5.41, 5.74) is 3.71. The molecular weight excluding hydrogens is 331 g/mol. The molecule has 5 heteroatoms. The van der Waals surface area contributed by atoms with Crippen molar-refractivity contribution in [3.05, 3.63) is 84.2 Å². The van der Waals surface area contributed by atoms with Crippen molar-refractivity contribution in [2.24, 2.45) is 0 Å². The standard InChI is InChI=1S/C21H13FN2O2/c22-16-8-4-7-14(11-16)20-19(13-5-2-1-3-6-13)23-17-10-9-15(21(25)26)12-18(17)24-20/h1-12H,(H,25,26). The monoisotopic (exact) mass is 344 g/mol. The van der Waals surface area contributed by atoms with E-state index in [4.69, 9.17) is 0 Å². The molecule has 0 amide bonds. The molecule has 126 valence electrons. The number of aromatic nitrogens is 2. The van der Waals surface area contributed by atoms with Crippen LogP contribution in [-0.2, 0) is 0 Å². The molecule has 0 fully saturated rings. The van der Waals surface area contributed by atoms with Gasteiger partial charge in [0.2, 0.25) is 0 Å². The predicted molar refractivity (Wildman–Crippen MR) is 97.3 cm³/mol. The molecule has 3 aromatic carbocycles. The Kier molecular flexibility index (Phi) is 3.89. The number of aromatic carboxylic acids is 1. The van der Waals surface area contributed by atoms with Crippen molar-refractivity contribution in [3.63, 3.8) is 0 Å². The van der Waals surface area contributed by atoms with Gasteiger partial charge in [-0.25, -0.2) is 19.2 Å². The number of carbonyl (C=O) groups is 1. The van der Waals surface area contributed by atoms with Crippen molar-refractivity contribution in [3.8, 4) is 22.5 Å². The molecule has 0 aliphatic rings. The summed E-state index contributed by atoms with van der Waals surface area (Å²) in [6.45, 7) is 0. The second-order valence-corrected chi connectivity index (χ2v) is 5.81. The van der Waals surface area contributed by atoms with Crippen molar-refractivity contribution in [2.45, 2.75) is 0 Å². The highest BCUT2D eigenvalue weighted by Crippen LogP contribution is 2.31. The number of nitrogens with zero attached hydrogens (tertiary/aromatic N) is 2. The largest absolute Gasteiger partial charge is 0.478 e. The lowest BCUT2D eigenvalue weighted by Crippen LogP contribution is -1.99. The highest BCUT2D eigenvalue weighted by atomic mass is 19.1. The molecule has 1 N–H and O–H groups in total. The van der Waals surface area contributed by atoms with Gasteiger partial charge in [0.05, 0.1) is 28.0 Å². The third kappa shape index (κ3) is 2.91. The van der Waals surface area contributed by atoms with Crippen molar-refractivity contribution in [1.29, 1.82) is 0 Å². The van der Waals surface area contributed by atoms with Crippen LogP contribution in [0.3, 0.4) is 0 Å². The number of hydrogen-bond donors (Lipinski definition) is 1. The average Bonchev–Trinajstić information content (AvgIpc) is 2.67. The molecular formula is C21H13FN2O2. The molecule has 0 aliphatic heterocycles. The van der Waals surface area contributed by atoms with E-state index in [1.165, 1.54) is 24.3 Å². The molecule has 1 aromatic heterocycles. The maximum absolute atomic E-state index is 13.7. The summed E-state index contributed by atoms with van der Waals surface area (Å²) < 4.78 is 13.7. The normalized spacial score (nSPS) is 10.8. The zero-order valence-electron chi connectivity index (χ0n) is 13.6. The second kappa shape index (κ2) is 6.37. The fraction of sp³-hybridized carbons (Fsp3) is 0. The Morgan fingerprint density at radius 3 is 2.19 bits per heavy atom. The van der Waals surface area contributed by atoms with Crippen molar-refractivity contribution < 1.29 is 14.3 Å². The number of benzene rings is 3. The summed E-state index contributed by atoms with van der Waals surface area (Å²) in [6.07, 6.45) is 0. The van der Waals surface area contributed by atoms with Gasteiger partial charge in [0.1, 0.15) is 5.82 Å². The summed E-state index contributed by atoms with van der Waals surface area (Å²) in [5, 5.41) is 9.20. The number of carboxylic acid groups (broad SMARTS) is 1. The van der Waals surface area contributed by atoms with Gasteiger partial charge in [-0.3, -0.25) is 0 Å². The predicted octanol–water partition coefficient (Wildman–Crippen LogP) is 4.80. The van der Waals surface area contributed by atoms with Crippen LogP contribution < -0.4 is 0 Å². The highest BCUT2D eigenvalue weighted by molar-refractivity contribution is 5.94. The maximum Gasteiger partial charge on any atom is 0.335 e. The molecule has 0 spiro atoms. The molecule has 0 saturated carbocycles. The fourth-order valence-electron chi connectivity index (χ4n) is 2.82. The van der Waals surface area contributed by atoms with Crippen LogP contribution in [0, 0.1) is 5.82 Å². The molecule has 0 bridgehead atoms. The molecule has 0 unspecified atom stereocenters. The minimum atomic E-state index is -1.03. The molecule has 0 radical (unpaired) electrons. The van der Waals surface area contributed by atoms with E-state index in [1.807, 2.05) is 30.3 Å². The molecule has 0 aliphatic carbocycles. The third-order valence-corrected chi connectivity index (χ3v) is 4.06. The van der Waals surface area contributed by atoms with Crippen LogP contribution in [0.2, 0.25) is 0 Å². The lowest BCUT2D eigenvalue weighted by atomic mass is 10.0. The van der Waals surface area contributed by atoms with Gasteiger partial charge < -0.3 is 5.11 Å². The fourth-order valence-corrected chi connectivity index (χ4v) is 2.82. The Hall–Kier alpha value is -3.60. The van der Waals surface area contributed by atoms with Crippen LogP contribution in [-0.4, -0.2) is 21.0 Å². The minimum absolute atomic E-state index is 0.129. The SMILES string of the molecule is O=C(O)c1ccc2nc(-c3ccccc3)c(-c3cccc(F)c3)nc2c1. The molecule has 26 heavy (non-hydrogen) atoms. The van der Waals surface area contributed by atoms with E-state index in [9.17, 15) is 14.3 Å². The number of hydrogen-bond acceptors (Lipinski definition) is 3. The summed E-state index contributed by atoms with van der Waals surface area (Å²) in [7, 11) is 0. The van der Waals surface area contributed by atoms with E-state index in [1.54, 1.807) is 18.2 Å². The molecule has 4 rings (SSSR count). The van der Waals surface area contributed by atoms with Gasteiger partial charge >= 0.3 is 5.97 Å². The summed E-state index contributed by atoms with van der Waals surface area (Å²) in [6, 6.07) is 20.2. The van der Waals surface area contributed by atoms with Gasteiger partial charge in [0.25, 0.3) is 0 Å². The molecule has 0 saturated heterocycles. The minimum Gasteiger partial charge on any atom is -0.478 e. The summed E-state index contributed by atoms with van der Waals surface area (Å²) >= 11 is 0. The maximum atomic E-state index is 13.7. The van der Waals surface area contributed by atoms with Crippen LogP contribution in [0.25, 0.3) is 33.5 Å². The number of rotatable bonds is 3. The van der Waals surface area contributed by atoms with Gasteiger partial charge in [-0.15, -0.1) is 0 Å². The summed E-state index contributed by atoms with van der Waals surface area (Å²) in [4.78, 5) is 20.5. The van der Waals surface area contributed by atoms with Crippen molar-refractivity contribution >= 4 is 17.0 Å². The number of fused-ring (bicyclic) bond motifs is 1. The van der Waals surface area contributed by atoms with Gasteiger partial charge in [0.15, 0.2) is 0 Å². The van der Waals surface area contributed by atoms with E-state index in [-0.39, 0.29) is 11.4 Å². The Bertz CT molecular complexity index is 1130. The zero-order valence-corrected chi connectivity index (χ0v) is 13.6. The van der Waals surface area contributed by atoms with Gasteiger partial charge in [-0.2, -0.15) is 0 Å². The highest BCUT2D eigenvalue weighted by Gasteiger charge is 2.15. The number of carboxylic acids is 1. The molecule has 4 aromatic rings. The van der Waals surface area contributed by atoms with Crippen LogP contribution in [0.5, 0.6) is 0 Å². The van der Waals surface area contributed by atoms with E-state index in [2.05, 4.69) is 9.97 Å². The lowest BCUT2D eigenvalue weighted by Gasteiger charge is -2.11. The van der Waals surface area contributed by atoms with E-state index >= 15 is 0 Å². The Balaban J connectivity index is 2.03. The Morgan fingerprint density at radius 1 is 0.769 bits per heavy atom.